The lowest BCUT2D eigenvalue weighted by molar-refractivity contribution is 0.0977. The second-order valence-corrected chi connectivity index (χ2v) is 7.21. The van der Waals surface area contributed by atoms with Gasteiger partial charge >= 0.3 is 0 Å². The third-order valence-electron chi connectivity index (χ3n) is 2.89. The fourth-order valence-electron chi connectivity index (χ4n) is 1.87. The number of rotatable bonds is 5. The fourth-order valence-corrected chi connectivity index (χ4v) is 2.53. The molecule has 134 valence electrons. The maximum atomic E-state index is 14.0. The lowest BCUT2D eigenvalue weighted by atomic mass is 10.1. The van der Waals surface area contributed by atoms with Gasteiger partial charge in [0.1, 0.15) is 29.8 Å². The van der Waals surface area contributed by atoms with Gasteiger partial charge in [0.15, 0.2) is 0 Å². The number of sulfonamides is 1. The second-order valence-electron chi connectivity index (χ2n) is 5.02. The van der Waals surface area contributed by atoms with Crippen molar-refractivity contribution in [2.45, 2.75) is 6.61 Å². The number of benzene rings is 2. The van der Waals surface area contributed by atoms with Gasteiger partial charge < -0.3 is 4.74 Å². The minimum Gasteiger partial charge on any atom is -0.489 e. The van der Waals surface area contributed by atoms with Crippen molar-refractivity contribution in [3.63, 3.8) is 0 Å². The Labute approximate surface area is 146 Å². The smallest absolute Gasteiger partial charge is 0.267 e. The molecule has 0 saturated carbocycles. The molecule has 0 fully saturated rings. The highest BCUT2D eigenvalue weighted by Gasteiger charge is 2.19. The lowest BCUT2D eigenvalue weighted by Gasteiger charge is -2.10. The van der Waals surface area contributed by atoms with Crippen LogP contribution in [0, 0.1) is 17.5 Å². The summed E-state index contributed by atoms with van der Waals surface area (Å²) in [5.74, 6) is -4.10. The van der Waals surface area contributed by atoms with Crippen molar-refractivity contribution < 1.29 is 31.1 Å². The highest BCUT2D eigenvalue weighted by atomic mass is 35.5. The van der Waals surface area contributed by atoms with Crippen LogP contribution in [-0.4, -0.2) is 20.6 Å². The summed E-state index contributed by atoms with van der Waals surface area (Å²) in [5.41, 5.74) is -1.03. The molecular weight excluding hydrogens is 383 g/mol. The van der Waals surface area contributed by atoms with E-state index in [1.807, 2.05) is 0 Å². The first-order valence-corrected chi connectivity index (χ1v) is 8.91. The van der Waals surface area contributed by atoms with E-state index in [9.17, 15) is 26.4 Å². The Morgan fingerprint density at radius 1 is 1.12 bits per heavy atom. The molecule has 0 radical (unpaired) electrons. The Balaban J connectivity index is 2.20. The van der Waals surface area contributed by atoms with Crippen molar-refractivity contribution in [2.75, 3.05) is 6.26 Å². The molecule has 0 saturated heterocycles. The Morgan fingerprint density at radius 3 is 2.40 bits per heavy atom. The van der Waals surface area contributed by atoms with Gasteiger partial charge in [-0.05, 0) is 24.3 Å². The summed E-state index contributed by atoms with van der Waals surface area (Å²) in [4.78, 5) is 11.6. The van der Waals surface area contributed by atoms with E-state index in [4.69, 9.17) is 16.3 Å². The average Bonchev–Trinajstić information content (AvgIpc) is 2.44. The highest BCUT2D eigenvalue weighted by Crippen LogP contribution is 2.22. The molecule has 0 bridgehead atoms. The summed E-state index contributed by atoms with van der Waals surface area (Å²) in [5, 5.41) is 0.0643. The maximum Gasteiger partial charge on any atom is 0.267 e. The van der Waals surface area contributed by atoms with Crippen LogP contribution >= 0.6 is 11.6 Å². The van der Waals surface area contributed by atoms with E-state index >= 15 is 0 Å². The van der Waals surface area contributed by atoms with Crippen LogP contribution in [0.3, 0.4) is 0 Å². The fraction of sp³-hybridized carbons (Fsp3) is 0.133. The first kappa shape index (κ1) is 19.1. The van der Waals surface area contributed by atoms with E-state index in [0.29, 0.717) is 18.4 Å². The van der Waals surface area contributed by atoms with Crippen LogP contribution in [0.4, 0.5) is 13.2 Å². The Morgan fingerprint density at radius 2 is 1.80 bits per heavy atom. The van der Waals surface area contributed by atoms with E-state index in [0.717, 1.165) is 12.1 Å². The number of amides is 1. The zero-order valence-electron chi connectivity index (χ0n) is 12.6. The molecule has 0 aliphatic carbocycles. The number of nitrogens with one attached hydrogen (secondary N) is 1. The molecule has 0 heterocycles. The van der Waals surface area contributed by atoms with Gasteiger partial charge in [-0.2, -0.15) is 0 Å². The van der Waals surface area contributed by atoms with Crippen LogP contribution < -0.4 is 9.46 Å². The summed E-state index contributed by atoms with van der Waals surface area (Å²) in [6.45, 7) is -0.462. The van der Waals surface area contributed by atoms with Gasteiger partial charge in [0.05, 0.1) is 11.8 Å². The quantitative estimate of drug-likeness (QED) is 0.847. The van der Waals surface area contributed by atoms with E-state index < -0.39 is 45.6 Å². The number of carbonyl (C=O) groups excluding carboxylic acids is 1. The number of halogens is 4. The summed E-state index contributed by atoms with van der Waals surface area (Å²) < 4.78 is 69.8. The van der Waals surface area contributed by atoms with Crippen molar-refractivity contribution in [1.29, 1.82) is 0 Å². The molecule has 2 rings (SSSR count). The van der Waals surface area contributed by atoms with Crippen LogP contribution in [0.5, 0.6) is 5.75 Å². The van der Waals surface area contributed by atoms with Gasteiger partial charge in [-0.1, -0.05) is 11.6 Å². The number of hydrogen-bond donors (Lipinski definition) is 1. The zero-order chi connectivity index (χ0) is 18.8. The third kappa shape index (κ3) is 5.36. The number of carbonyl (C=O) groups is 1. The molecule has 5 nitrogen and oxygen atoms in total. The minimum absolute atomic E-state index is 0.00343. The normalized spacial score (nSPS) is 11.2. The van der Waals surface area contributed by atoms with E-state index in [-0.39, 0.29) is 16.3 Å². The predicted molar refractivity (Wildman–Crippen MR) is 84.4 cm³/mol. The molecular formula is C15H11ClF3NO4S. The SMILES string of the molecule is CS(=O)(=O)NC(=O)c1cc(F)c(COc2cc(F)cc(Cl)c2)cc1F. The van der Waals surface area contributed by atoms with Crippen molar-refractivity contribution in [1.82, 2.24) is 4.72 Å². The molecule has 10 heteroatoms. The van der Waals surface area contributed by atoms with Crippen molar-refractivity contribution in [3.8, 4) is 5.75 Å². The Kier molecular flexibility index (Phi) is 5.58. The van der Waals surface area contributed by atoms with Gasteiger partial charge in [-0.3, -0.25) is 4.79 Å². The molecule has 0 unspecified atom stereocenters. The maximum absolute atomic E-state index is 14.0. The molecule has 0 spiro atoms. The van der Waals surface area contributed by atoms with Crippen molar-refractivity contribution in [2.24, 2.45) is 0 Å². The van der Waals surface area contributed by atoms with Crippen LogP contribution in [0.1, 0.15) is 15.9 Å². The van der Waals surface area contributed by atoms with Crippen LogP contribution in [0.15, 0.2) is 30.3 Å². The van der Waals surface area contributed by atoms with E-state index in [1.54, 1.807) is 0 Å². The molecule has 2 aromatic rings. The minimum atomic E-state index is -3.93. The summed E-state index contributed by atoms with van der Waals surface area (Å²) in [6.07, 6.45) is 0.700. The highest BCUT2D eigenvalue weighted by molar-refractivity contribution is 7.89. The monoisotopic (exact) mass is 393 g/mol. The van der Waals surface area contributed by atoms with Gasteiger partial charge in [0, 0.05) is 16.7 Å². The number of hydrogen-bond acceptors (Lipinski definition) is 4. The van der Waals surface area contributed by atoms with Gasteiger partial charge in [-0.15, -0.1) is 0 Å². The summed E-state index contributed by atoms with van der Waals surface area (Å²) in [7, 11) is -3.93. The molecule has 0 aliphatic heterocycles. The van der Waals surface area contributed by atoms with Crippen LogP contribution in [0.2, 0.25) is 5.02 Å². The molecule has 1 N–H and O–H groups in total. The van der Waals surface area contributed by atoms with Gasteiger partial charge in [-0.25, -0.2) is 26.3 Å². The first-order chi connectivity index (χ1) is 11.5. The molecule has 0 aromatic heterocycles. The van der Waals surface area contributed by atoms with Crippen LogP contribution in [0.25, 0.3) is 0 Å². The van der Waals surface area contributed by atoms with Gasteiger partial charge in [0.2, 0.25) is 10.0 Å². The molecule has 1 amide bonds. The van der Waals surface area contributed by atoms with Gasteiger partial charge in [0.25, 0.3) is 5.91 Å². The van der Waals surface area contributed by atoms with Crippen LogP contribution in [-0.2, 0) is 16.6 Å². The average molecular weight is 394 g/mol. The molecule has 0 aliphatic rings. The molecule has 2 aromatic carbocycles. The predicted octanol–water partition coefficient (Wildman–Crippen LogP) is 3.03. The first-order valence-electron chi connectivity index (χ1n) is 6.64. The van der Waals surface area contributed by atoms with E-state index in [2.05, 4.69) is 0 Å². The zero-order valence-corrected chi connectivity index (χ0v) is 14.2. The number of ether oxygens (including phenoxy) is 1. The Hall–Kier alpha value is -2.26. The van der Waals surface area contributed by atoms with E-state index in [1.165, 1.54) is 10.8 Å². The second kappa shape index (κ2) is 7.32. The van der Waals surface area contributed by atoms with Crippen molar-refractivity contribution >= 4 is 27.5 Å². The topological polar surface area (TPSA) is 72.5 Å². The Bertz CT molecular complexity index is 914. The van der Waals surface area contributed by atoms with Crippen molar-refractivity contribution in [3.05, 3.63) is 63.9 Å². The third-order valence-corrected chi connectivity index (χ3v) is 3.66. The molecule has 0 atom stereocenters. The largest absolute Gasteiger partial charge is 0.489 e. The standard InChI is InChI=1S/C15H11ClF3NO4S/c1-25(22,23)20-15(21)12-6-13(18)8(2-14(12)19)7-24-11-4-9(16)3-10(17)5-11/h2-6H,7H2,1H3,(H,20,21). The lowest BCUT2D eigenvalue weighted by Crippen LogP contribution is -2.30. The summed E-state index contributed by atoms with van der Waals surface area (Å²) in [6, 6.07) is 4.57. The summed E-state index contributed by atoms with van der Waals surface area (Å²) >= 11 is 5.65. The molecule has 25 heavy (non-hydrogen) atoms.